The van der Waals surface area contributed by atoms with Crippen LogP contribution in [0.3, 0.4) is 0 Å². The van der Waals surface area contributed by atoms with Crippen molar-refractivity contribution in [2.24, 2.45) is 0 Å². The van der Waals surface area contributed by atoms with Crippen LogP contribution in [0.25, 0.3) is 0 Å². The number of rotatable bonds is 2. The van der Waals surface area contributed by atoms with Crippen LogP contribution in [-0.4, -0.2) is 25.7 Å². The van der Waals surface area contributed by atoms with Crippen LogP contribution in [-0.2, 0) is 9.05 Å². The van der Waals surface area contributed by atoms with Gasteiger partial charge < -0.3 is 4.74 Å². The van der Waals surface area contributed by atoms with E-state index in [0.29, 0.717) is 0 Å². The molecule has 0 bridgehead atoms. The molecule has 1 N–H and O–H groups in total. The predicted octanol–water partition coefficient (Wildman–Crippen LogP) is 0.346. The molecular weight excluding hydrogens is 192 g/mol. The van der Waals surface area contributed by atoms with Gasteiger partial charge in [-0.05, 0) is 0 Å². The molecule has 1 aromatic rings. The number of halogens is 1. The van der Waals surface area contributed by atoms with Crippen molar-refractivity contribution in [1.82, 2.24) is 10.2 Å². The molecular formula is C4H5ClN2O3S. The van der Waals surface area contributed by atoms with Gasteiger partial charge in [-0.15, -0.1) is 0 Å². The van der Waals surface area contributed by atoms with Crippen molar-refractivity contribution >= 4 is 19.7 Å². The van der Waals surface area contributed by atoms with Gasteiger partial charge in [-0.3, -0.25) is 0 Å². The van der Waals surface area contributed by atoms with Crippen LogP contribution in [0, 0.1) is 0 Å². The molecule has 62 valence electrons. The van der Waals surface area contributed by atoms with Crippen LogP contribution in [0.2, 0.25) is 0 Å². The molecule has 0 aliphatic carbocycles. The molecule has 0 atom stereocenters. The van der Waals surface area contributed by atoms with Crippen molar-refractivity contribution in [3.05, 3.63) is 6.20 Å². The average molecular weight is 197 g/mol. The lowest BCUT2D eigenvalue weighted by Crippen LogP contribution is -1.92. The van der Waals surface area contributed by atoms with Crippen molar-refractivity contribution in [2.45, 2.75) is 4.90 Å². The Morgan fingerprint density at radius 1 is 1.73 bits per heavy atom. The van der Waals surface area contributed by atoms with Crippen molar-refractivity contribution in [3.63, 3.8) is 0 Å². The molecule has 0 saturated heterocycles. The molecule has 0 aliphatic rings. The van der Waals surface area contributed by atoms with E-state index in [4.69, 9.17) is 10.7 Å². The maximum Gasteiger partial charge on any atom is 0.268 e. The van der Waals surface area contributed by atoms with Gasteiger partial charge >= 0.3 is 0 Å². The fourth-order valence-electron chi connectivity index (χ4n) is 0.583. The van der Waals surface area contributed by atoms with Crippen molar-refractivity contribution in [2.75, 3.05) is 7.11 Å². The summed E-state index contributed by atoms with van der Waals surface area (Å²) in [6.07, 6.45) is 1.08. The summed E-state index contributed by atoms with van der Waals surface area (Å²) in [4.78, 5) is -0.151. The first-order chi connectivity index (χ1) is 5.05. The van der Waals surface area contributed by atoms with E-state index >= 15 is 0 Å². The van der Waals surface area contributed by atoms with Crippen LogP contribution in [0.15, 0.2) is 11.1 Å². The van der Waals surface area contributed by atoms with Gasteiger partial charge in [0.25, 0.3) is 9.05 Å². The summed E-state index contributed by atoms with van der Waals surface area (Å²) in [5.74, 6) is 0.0417. The highest BCUT2D eigenvalue weighted by Crippen LogP contribution is 2.22. The number of nitrogens with one attached hydrogen (secondary N) is 1. The number of methoxy groups -OCH3 is 1. The van der Waals surface area contributed by atoms with Crippen LogP contribution < -0.4 is 4.74 Å². The Morgan fingerprint density at radius 3 is 2.73 bits per heavy atom. The van der Waals surface area contributed by atoms with E-state index in [-0.39, 0.29) is 10.8 Å². The lowest BCUT2D eigenvalue weighted by molar-refractivity contribution is 0.386. The van der Waals surface area contributed by atoms with E-state index in [9.17, 15) is 8.42 Å². The quantitative estimate of drug-likeness (QED) is 0.693. The molecule has 7 heteroatoms. The number of aromatic nitrogens is 2. The molecule has 0 saturated carbocycles. The first-order valence-electron chi connectivity index (χ1n) is 2.57. The second kappa shape index (κ2) is 2.71. The van der Waals surface area contributed by atoms with Gasteiger partial charge in [0.2, 0.25) is 5.88 Å². The van der Waals surface area contributed by atoms with Crippen LogP contribution in [0.1, 0.15) is 0 Å². The highest BCUT2D eigenvalue weighted by atomic mass is 35.7. The van der Waals surface area contributed by atoms with Crippen molar-refractivity contribution < 1.29 is 13.2 Å². The maximum absolute atomic E-state index is 10.7. The van der Waals surface area contributed by atoms with Gasteiger partial charge in [0.05, 0.1) is 13.3 Å². The Balaban J connectivity index is 3.24. The maximum atomic E-state index is 10.7. The Morgan fingerprint density at radius 2 is 2.36 bits per heavy atom. The van der Waals surface area contributed by atoms with Gasteiger partial charge in [0.1, 0.15) is 0 Å². The SMILES string of the molecule is COc1[nH]ncc1S(=O)(=O)Cl. The number of H-pyrrole nitrogens is 1. The smallest absolute Gasteiger partial charge is 0.268 e. The minimum absolute atomic E-state index is 0.0417. The van der Waals surface area contributed by atoms with E-state index < -0.39 is 9.05 Å². The van der Waals surface area contributed by atoms with Crippen LogP contribution >= 0.6 is 10.7 Å². The molecule has 0 radical (unpaired) electrons. The molecule has 0 aromatic carbocycles. The number of hydrogen-bond donors (Lipinski definition) is 1. The first kappa shape index (κ1) is 8.35. The lowest BCUT2D eigenvalue weighted by Gasteiger charge is -1.94. The summed E-state index contributed by atoms with van der Waals surface area (Å²) in [7, 11) is 2.59. The minimum Gasteiger partial charge on any atom is -0.480 e. The summed E-state index contributed by atoms with van der Waals surface area (Å²) in [5, 5.41) is 5.77. The van der Waals surface area contributed by atoms with Gasteiger partial charge in [-0.2, -0.15) is 5.10 Å². The molecule has 1 heterocycles. The largest absolute Gasteiger partial charge is 0.480 e. The predicted molar refractivity (Wildman–Crippen MR) is 38.2 cm³/mol. The number of ether oxygens (including phenoxy) is 1. The van der Waals surface area contributed by atoms with Crippen LogP contribution in [0.4, 0.5) is 0 Å². The Labute approximate surface area is 67.7 Å². The minimum atomic E-state index is -3.75. The second-order valence-electron chi connectivity index (χ2n) is 1.71. The zero-order chi connectivity index (χ0) is 8.48. The Hall–Kier alpha value is -0.750. The van der Waals surface area contributed by atoms with E-state index in [2.05, 4.69) is 14.9 Å². The topological polar surface area (TPSA) is 72.0 Å². The van der Waals surface area contributed by atoms with Crippen molar-refractivity contribution in [3.8, 4) is 5.88 Å². The summed E-state index contributed by atoms with van der Waals surface area (Å²) < 4.78 is 26.0. The van der Waals surface area contributed by atoms with Gasteiger partial charge in [0.15, 0.2) is 4.90 Å². The normalized spacial score (nSPS) is 11.5. The summed E-state index contributed by atoms with van der Waals surface area (Å²) in [6, 6.07) is 0. The highest BCUT2D eigenvalue weighted by Gasteiger charge is 2.18. The van der Waals surface area contributed by atoms with E-state index in [0.717, 1.165) is 6.20 Å². The monoisotopic (exact) mass is 196 g/mol. The highest BCUT2D eigenvalue weighted by molar-refractivity contribution is 8.13. The third-order valence-corrected chi connectivity index (χ3v) is 2.35. The first-order valence-corrected chi connectivity index (χ1v) is 4.88. The average Bonchev–Trinajstić information content (AvgIpc) is 2.31. The standard InChI is InChI=1S/C4H5ClN2O3S/c1-10-4-3(2-6-7-4)11(5,8)9/h2H,1H3,(H,6,7). The third-order valence-electron chi connectivity index (χ3n) is 1.04. The number of hydrogen-bond acceptors (Lipinski definition) is 4. The second-order valence-corrected chi connectivity index (χ2v) is 4.24. The number of nitrogens with zero attached hydrogens (tertiary/aromatic N) is 1. The molecule has 0 amide bonds. The molecule has 0 aliphatic heterocycles. The van der Waals surface area contributed by atoms with Crippen molar-refractivity contribution in [1.29, 1.82) is 0 Å². The third kappa shape index (κ3) is 1.63. The Kier molecular flexibility index (Phi) is 2.05. The van der Waals surface area contributed by atoms with E-state index in [1.807, 2.05) is 0 Å². The molecule has 0 fully saturated rings. The van der Waals surface area contributed by atoms with Gasteiger partial charge in [0, 0.05) is 10.7 Å². The molecule has 1 aromatic heterocycles. The molecule has 1 rings (SSSR count). The van der Waals surface area contributed by atoms with E-state index in [1.54, 1.807) is 0 Å². The molecule has 0 unspecified atom stereocenters. The molecule has 11 heavy (non-hydrogen) atoms. The zero-order valence-corrected chi connectivity index (χ0v) is 7.11. The van der Waals surface area contributed by atoms with Gasteiger partial charge in [-0.1, -0.05) is 0 Å². The summed E-state index contributed by atoms with van der Waals surface area (Å²) >= 11 is 0. The lowest BCUT2D eigenvalue weighted by atomic mass is 10.7. The van der Waals surface area contributed by atoms with Crippen LogP contribution in [0.5, 0.6) is 5.88 Å². The number of aromatic amines is 1. The summed E-state index contributed by atoms with van der Waals surface area (Å²) in [5.41, 5.74) is 0. The fraction of sp³-hybridized carbons (Fsp3) is 0.250. The van der Waals surface area contributed by atoms with E-state index in [1.165, 1.54) is 7.11 Å². The molecule has 0 spiro atoms. The fourth-order valence-corrected chi connectivity index (χ4v) is 1.44. The molecule has 5 nitrogen and oxygen atoms in total. The van der Waals surface area contributed by atoms with Gasteiger partial charge in [-0.25, -0.2) is 13.5 Å². The Bertz CT molecular complexity index is 344. The summed E-state index contributed by atoms with van der Waals surface area (Å²) in [6.45, 7) is 0. The zero-order valence-electron chi connectivity index (χ0n) is 5.54.